The molecule has 0 aliphatic heterocycles. The second-order valence-corrected chi connectivity index (χ2v) is 6.06. The molecule has 4 nitrogen and oxygen atoms in total. The Morgan fingerprint density at radius 2 is 1.76 bits per heavy atom. The number of rotatable bonds is 3. The maximum atomic E-state index is 13.7. The van der Waals surface area contributed by atoms with Crippen molar-refractivity contribution in [2.75, 3.05) is 4.72 Å². The van der Waals surface area contributed by atoms with Gasteiger partial charge in [-0.2, -0.15) is 0 Å². The monoisotopic (exact) mass is 302 g/mol. The smallest absolute Gasteiger partial charge is 0.264 e. The van der Waals surface area contributed by atoms with Crippen molar-refractivity contribution < 1.29 is 12.8 Å². The lowest BCUT2D eigenvalue weighted by molar-refractivity contribution is 0.570. The van der Waals surface area contributed by atoms with Crippen molar-refractivity contribution in [3.63, 3.8) is 0 Å². The van der Waals surface area contributed by atoms with E-state index in [1.54, 1.807) is 36.5 Å². The van der Waals surface area contributed by atoms with Crippen molar-refractivity contribution in [2.45, 2.75) is 4.90 Å². The molecule has 0 bridgehead atoms. The molecule has 0 amide bonds. The Morgan fingerprint density at radius 1 is 0.952 bits per heavy atom. The van der Waals surface area contributed by atoms with E-state index in [1.165, 1.54) is 18.2 Å². The third kappa shape index (κ3) is 2.57. The molecule has 6 heteroatoms. The average molecular weight is 302 g/mol. The van der Waals surface area contributed by atoms with Crippen LogP contribution >= 0.6 is 0 Å². The molecule has 0 saturated heterocycles. The van der Waals surface area contributed by atoms with Gasteiger partial charge in [-0.05, 0) is 36.4 Å². The van der Waals surface area contributed by atoms with Crippen LogP contribution < -0.4 is 4.72 Å². The topological polar surface area (TPSA) is 59.1 Å². The van der Waals surface area contributed by atoms with E-state index in [9.17, 15) is 12.8 Å². The van der Waals surface area contributed by atoms with Crippen molar-refractivity contribution in [3.05, 3.63) is 66.6 Å². The Balaban J connectivity index is 2.08. The molecule has 1 aromatic heterocycles. The van der Waals surface area contributed by atoms with Crippen molar-refractivity contribution in [1.29, 1.82) is 0 Å². The van der Waals surface area contributed by atoms with E-state index in [2.05, 4.69) is 9.71 Å². The van der Waals surface area contributed by atoms with Gasteiger partial charge in [-0.1, -0.05) is 18.2 Å². The number of hydrogen-bond acceptors (Lipinski definition) is 3. The summed E-state index contributed by atoms with van der Waals surface area (Å²) < 4.78 is 40.7. The zero-order valence-electron chi connectivity index (χ0n) is 10.8. The van der Waals surface area contributed by atoms with E-state index < -0.39 is 15.8 Å². The summed E-state index contributed by atoms with van der Waals surface area (Å²) in [7, 11) is -3.99. The summed E-state index contributed by atoms with van der Waals surface area (Å²) in [6.45, 7) is 0. The summed E-state index contributed by atoms with van der Waals surface area (Å²) in [5, 5.41) is 0.653. The number of aromatic nitrogens is 1. The minimum atomic E-state index is -3.99. The highest BCUT2D eigenvalue weighted by atomic mass is 32.2. The van der Waals surface area contributed by atoms with Crippen LogP contribution in [0.15, 0.2) is 65.7 Å². The number of pyridine rings is 1. The van der Waals surface area contributed by atoms with Crippen LogP contribution in [-0.2, 0) is 10.0 Å². The van der Waals surface area contributed by atoms with Gasteiger partial charge in [0.25, 0.3) is 10.0 Å². The fraction of sp³-hybridized carbons (Fsp3) is 0. The van der Waals surface area contributed by atoms with Gasteiger partial charge in [0.15, 0.2) is 0 Å². The largest absolute Gasteiger partial charge is 0.279 e. The molecule has 0 saturated carbocycles. The Hall–Kier alpha value is -2.47. The molecule has 3 rings (SSSR count). The number of benzene rings is 2. The maximum absolute atomic E-state index is 13.7. The lowest BCUT2D eigenvalue weighted by Gasteiger charge is -2.10. The molecule has 3 aromatic rings. The van der Waals surface area contributed by atoms with Crippen LogP contribution in [0.1, 0.15) is 0 Å². The molecular formula is C15H11FN2O2S. The van der Waals surface area contributed by atoms with Crippen molar-refractivity contribution in [1.82, 2.24) is 4.98 Å². The molecule has 2 aromatic carbocycles. The highest BCUT2D eigenvalue weighted by Gasteiger charge is 2.19. The summed E-state index contributed by atoms with van der Waals surface area (Å²) in [6.07, 6.45) is 1.62. The number of fused-ring (bicyclic) bond motifs is 1. The molecule has 1 N–H and O–H groups in total. The fourth-order valence-corrected chi connectivity index (χ4v) is 3.21. The predicted octanol–water partition coefficient (Wildman–Crippen LogP) is 3.17. The van der Waals surface area contributed by atoms with Crippen LogP contribution in [0.2, 0.25) is 0 Å². The minimum Gasteiger partial charge on any atom is -0.279 e. The molecule has 1 heterocycles. The lowest BCUT2D eigenvalue weighted by Crippen LogP contribution is -2.14. The first-order valence-electron chi connectivity index (χ1n) is 6.19. The molecule has 0 atom stereocenters. The van der Waals surface area contributed by atoms with Crippen molar-refractivity contribution in [2.24, 2.45) is 0 Å². The minimum absolute atomic E-state index is 0.365. The number of hydrogen-bond donors (Lipinski definition) is 1. The normalized spacial score (nSPS) is 11.5. The van der Waals surface area contributed by atoms with Gasteiger partial charge >= 0.3 is 0 Å². The number of halogens is 1. The highest BCUT2D eigenvalue weighted by Crippen LogP contribution is 2.25. The molecule has 0 spiro atoms. The van der Waals surface area contributed by atoms with Crippen LogP contribution in [0.3, 0.4) is 0 Å². The molecule has 0 aliphatic carbocycles. The third-order valence-electron chi connectivity index (χ3n) is 3.02. The Kier molecular flexibility index (Phi) is 3.31. The molecule has 0 radical (unpaired) electrons. The van der Waals surface area contributed by atoms with Crippen molar-refractivity contribution in [3.8, 4) is 0 Å². The summed E-state index contributed by atoms with van der Waals surface area (Å²) >= 11 is 0. The first kappa shape index (κ1) is 13.5. The predicted molar refractivity (Wildman–Crippen MR) is 79.0 cm³/mol. The zero-order valence-corrected chi connectivity index (χ0v) is 11.6. The summed E-state index contributed by atoms with van der Waals surface area (Å²) in [6, 6.07) is 13.8. The van der Waals surface area contributed by atoms with E-state index in [1.807, 2.05) is 0 Å². The van der Waals surface area contributed by atoms with E-state index in [0.29, 0.717) is 16.6 Å². The molecular weight excluding hydrogens is 291 g/mol. The van der Waals surface area contributed by atoms with Crippen LogP contribution in [0.25, 0.3) is 10.9 Å². The van der Waals surface area contributed by atoms with Crippen molar-refractivity contribution >= 4 is 26.6 Å². The van der Waals surface area contributed by atoms with Gasteiger partial charge in [-0.3, -0.25) is 9.71 Å². The number of nitrogens with zero attached hydrogens (tertiary/aromatic N) is 1. The number of nitrogens with one attached hydrogen (secondary N) is 1. The zero-order chi connectivity index (χ0) is 14.9. The lowest BCUT2D eigenvalue weighted by atomic mass is 10.2. The standard InChI is InChI=1S/C15H11FN2O2S/c16-12-6-1-2-9-15(12)21(19,20)18-14-8-3-7-13-11(14)5-4-10-17-13/h1-10,18H. The van der Waals surface area contributed by atoms with E-state index in [-0.39, 0.29) is 4.90 Å². The quantitative estimate of drug-likeness (QED) is 0.808. The van der Waals surface area contributed by atoms with E-state index in [4.69, 9.17) is 0 Å². The van der Waals surface area contributed by atoms with Gasteiger partial charge in [0, 0.05) is 11.6 Å². The number of sulfonamides is 1. The molecule has 106 valence electrons. The molecule has 21 heavy (non-hydrogen) atoms. The van der Waals surface area contributed by atoms with Gasteiger partial charge in [-0.15, -0.1) is 0 Å². The molecule has 0 unspecified atom stereocenters. The van der Waals surface area contributed by atoms with Crippen LogP contribution in [0.5, 0.6) is 0 Å². The maximum Gasteiger partial charge on any atom is 0.264 e. The Bertz CT molecular complexity index is 905. The molecule has 0 fully saturated rings. The summed E-state index contributed by atoms with van der Waals surface area (Å²) in [5.41, 5.74) is 1.02. The Labute approximate surface area is 121 Å². The fourth-order valence-electron chi connectivity index (χ4n) is 2.05. The van der Waals surface area contributed by atoms with Gasteiger partial charge in [0.05, 0.1) is 11.2 Å². The first-order chi connectivity index (χ1) is 10.1. The highest BCUT2D eigenvalue weighted by molar-refractivity contribution is 7.92. The van der Waals surface area contributed by atoms with Crippen LogP contribution in [-0.4, -0.2) is 13.4 Å². The van der Waals surface area contributed by atoms with Crippen LogP contribution in [0.4, 0.5) is 10.1 Å². The second kappa shape index (κ2) is 5.14. The molecule has 0 aliphatic rings. The van der Waals surface area contributed by atoms with E-state index in [0.717, 1.165) is 6.07 Å². The Morgan fingerprint density at radius 3 is 2.57 bits per heavy atom. The van der Waals surface area contributed by atoms with Gasteiger partial charge in [0.2, 0.25) is 0 Å². The van der Waals surface area contributed by atoms with Gasteiger partial charge in [-0.25, -0.2) is 12.8 Å². The van der Waals surface area contributed by atoms with Gasteiger partial charge < -0.3 is 0 Å². The number of anilines is 1. The summed E-state index contributed by atoms with van der Waals surface area (Å²) in [4.78, 5) is 3.77. The SMILES string of the molecule is O=S(=O)(Nc1cccc2ncccc12)c1ccccc1F. The third-order valence-corrected chi connectivity index (χ3v) is 4.41. The second-order valence-electron chi connectivity index (χ2n) is 4.41. The van der Waals surface area contributed by atoms with Crippen LogP contribution in [0, 0.1) is 5.82 Å². The first-order valence-corrected chi connectivity index (χ1v) is 7.67. The van der Waals surface area contributed by atoms with E-state index >= 15 is 0 Å². The summed E-state index contributed by atoms with van der Waals surface area (Å²) in [5.74, 6) is -0.789. The van der Waals surface area contributed by atoms with Gasteiger partial charge in [0.1, 0.15) is 10.7 Å². The average Bonchev–Trinajstić information content (AvgIpc) is 2.47.